The molecular formula is C22H21N7O3. The van der Waals surface area contributed by atoms with E-state index in [0.717, 1.165) is 29.9 Å². The fourth-order valence-corrected chi connectivity index (χ4v) is 3.62. The minimum absolute atomic E-state index is 0.0152. The third-order valence-corrected chi connectivity index (χ3v) is 5.31. The molecule has 5 N–H and O–H groups in total. The Morgan fingerprint density at radius 1 is 1.22 bits per heavy atom. The first kappa shape index (κ1) is 19.8. The van der Waals surface area contributed by atoms with Crippen LogP contribution >= 0.6 is 0 Å². The van der Waals surface area contributed by atoms with E-state index >= 15 is 0 Å². The third-order valence-electron chi connectivity index (χ3n) is 5.31. The van der Waals surface area contributed by atoms with Crippen LogP contribution in [0.1, 0.15) is 26.5 Å². The van der Waals surface area contributed by atoms with Crippen molar-refractivity contribution in [1.82, 2.24) is 24.8 Å². The Kier molecular flexibility index (Phi) is 4.83. The Morgan fingerprint density at radius 3 is 2.72 bits per heavy atom. The van der Waals surface area contributed by atoms with Gasteiger partial charge >= 0.3 is 0 Å². The van der Waals surface area contributed by atoms with Gasteiger partial charge in [0, 0.05) is 13.1 Å². The van der Waals surface area contributed by atoms with Crippen molar-refractivity contribution < 1.29 is 14.3 Å². The highest BCUT2D eigenvalue weighted by atomic mass is 16.5. The van der Waals surface area contributed by atoms with E-state index in [-0.39, 0.29) is 23.4 Å². The Labute approximate surface area is 182 Å². The summed E-state index contributed by atoms with van der Waals surface area (Å²) in [5.74, 6) is -0.366. The topological polar surface area (TPSA) is 140 Å². The summed E-state index contributed by atoms with van der Waals surface area (Å²) in [4.78, 5) is 36.7. The van der Waals surface area contributed by atoms with Crippen molar-refractivity contribution in [2.24, 2.45) is 5.73 Å². The second-order valence-corrected chi connectivity index (χ2v) is 7.58. The van der Waals surface area contributed by atoms with E-state index in [1.165, 1.54) is 10.9 Å². The Bertz CT molecular complexity index is 1300. The molecule has 1 aliphatic heterocycles. The first-order valence-electron chi connectivity index (χ1n) is 10.1. The molecule has 3 heterocycles. The molecule has 2 aromatic heterocycles. The number of nitrogens with one attached hydrogen (secondary N) is 3. The zero-order chi connectivity index (χ0) is 22.2. The number of imidazole rings is 2. The summed E-state index contributed by atoms with van der Waals surface area (Å²) in [6.07, 6.45) is 1.56. The summed E-state index contributed by atoms with van der Waals surface area (Å²) in [7, 11) is 0. The summed E-state index contributed by atoms with van der Waals surface area (Å²) >= 11 is 0. The Balaban J connectivity index is 1.44. The highest BCUT2D eigenvalue weighted by molar-refractivity contribution is 6.10. The predicted octanol–water partition coefficient (Wildman–Crippen LogP) is 1.76. The van der Waals surface area contributed by atoms with Crippen LogP contribution in [0.15, 0.2) is 48.8 Å². The number of amides is 2. The maximum Gasteiger partial charge on any atom is 0.279 e. The lowest BCUT2D eigenvalue weighted by molar-refractivity contribution is 0.0970. The maximum absolute atomic E-state index is 12.9. The fourth-order valence-electron chi connectivity index (χ4n) is 3.62. The summed E-state index contributed by atoms with van der Waals surface area (Å²) in [5, 5.41) is 5.81. The van der Waals surface area contributed by atoms with Crippen molar-refractivity contribution in [1.29, 1.82) is 0 Å². The van der Waals surface area contributed by atoms with Gasteiger partial charge in [0.25, 0.3) is 11.8 Å². The van der Waals surface area contributed by atoms with Crippen molar-refractivity contribution >= 4 is 28.8 Å². The van der Waals surface area contributed by atoms with Crippen molar-refractivity contribution in [3.05, 3.63) is 65.7 Å². The predicted molar refractivity (Wildman–Crippen MR) is 118 cm³/mol. The number of aryl methyl sites for hydroxylation is 1. The molecule has 0 aliphatic carbocycles. The van der Waals surface area contributed by atoms with E-state index in [1.807, 2.05) is 49.4 Å². The van der Waals surface area contributed by atoms with Gasteiger partial charge in [0.05, 0.1) is 16.7 Å². The minimum Gasteiger partial charge on any atom is -0.488 e. The van der Waals surface area contributed by atoms with Gasteiger partial charge in [-0.15, -0.1) is 0 Å². The van der Waals surface area contributed by atoms with Gasteiger partial charge in [0.15, 0.2) is 5.69 Å². The van der Waals surface area contributed by atoms with Crippen LogP contribution in [0.25, 0.3) is 16.7 Å². The highest BCUT2D eigenvalue weighted by Crippen LogP contribution is 2.24. The van der Waals surface area contributed by atoms with E-state index in [4.69, 9.17) is 10.5 Å². The molecule has 2 aromatic carbocycles. The number of nitrogens with zero attached hydrogens (tertiary/aromatic N) is 3. The molecule has 10 heteroatoms. The number of primary amides is 1. The van der Waals surface area contributed by atoms with Gasteiger partial charge in [0.1, 0.15) is 23.9 Å². The number of para-hydroxylation sites is 2. The summed E-state index contributed by atoms with van der Waals surface area (Å²) in [6.45, 7) is 3.52. The van der Waals surface area contributed by atoms with Crippen LogP contribution in [0.4, 0.5) is 5.95 Å². The van der Waals surface area contributed by atoms with Crippen LogP contribution in [0.2, 0.25) is 0 Å². The molecule has 0 spiro atoms. The standard InChI is InChI=1S/C22H21N7O3/c1-12-8-13(32-14-9-24-10-14)6-7-17(12)29-11-25-18(19(29)20(23)30)21(31)28-22-26-15-4-2-3-5-16(15)27-22/h2-8,11,14,24H,9-10H2,1H3,(H2,23,30)(H2,26,27,28,31). The number of hydrogen-bond acceptors (Lipinski definition) is 6. The third kappa shape index (κ3) is 3.56. The first-order valence-corrected chi connectivity index (χ1v) is 10.1. The van der Waals surface area contributed by atoms with E-state index in [2.05, 4.69) is 25.6 Å². The van der Waals surface area contributed by atoms with Crippen molar-refractivity contribution in [3.63, 3.8) is 0 Å². The Hall–Kier alpha value is -4.18. The zero-order valence-corrected chi connectivity index (χ0v) is 17.3. The number of hydrogen-bond donors (Lipinski definition) is 4. The molecule has 0 radical (unpaired) electrons. The number of ether oxygens (including phenoxy) is 1. The van der Waals surface area contributed by atoms with Crippen molar-refractivity contribution in [2.45, 2.75) is 13.0 Å². The van der Waals surface area contributed by atoms with Crippen LogP contribution in [0, 0.1) is 6.92 Å². The quantitative estimate of drug-likeness (QED) is 0.367. The van der Waals surface area contributed by atoms with E-state index in [0.29, 0.717) is 11.2 Å². The average molecular weight is 431 g/mol. The smallest absolute Gasteiger partial charge is 0.279 e. The molecule has 32 heavy (non-hydrogen) atoms. The lowest BCUT2D eigenvalue weighted by Crippen LogP contribution is -2.50. The molecule has 0 saturated carbocycles. The van der Waals surface area contributed by atoms with Gasteiger partial charge in [-0.1, -0.05) is 12.1 Å². The van der Waals surface area contributed by atoms with Crippen LogP contribution in [0.5, 0.6) is 5.75 Å². The molecule has 2 amide bonds. The zero-order valence-electron chi connectivity index (χ0n) is 17.3. The van der Waals surface area contributed by atoms with Crippen molar-refractivity contribution in [3.8, 4) is 11.4 Å². The number of fused-ring (bicyclic) bond motifs is 1. The number of nitrogens with two attached hydrogens (primary N) is 1. The number of carbonyl (C=O) groups excluding carboxylic acids is 2. The summed E-state index contributed by atoms with van der Waals surface area (Å²) in [6, 6.07) is 12.9. The number of carbonyl (C=O) groups is 2. The molecule has 1 aliphatic rings. The second-order valence-electron chi connectivity index (χ2n) is 7.58. The molecule has 1 fully saturated rings. The van der Waals surface area contributed by atoms with Gasteiger partial charge in [-0.3, -0.25) is 19.5 Å². The first-order chi connectivity index (χ1) is 15.5. The number of aromatic nitrogens is 4. The van der Waals surface area contributed by atoms with Gasteiger partial charge in [-0.05, 0) is 42.8 Å². The molecule has 0 atom stereocenters. The van der Waals surface area contributed by atoms with E-state index in [9.17, 15) is 9.59 Å². The molecular weight excluding hydrogens is 410 g/mol. The number of aromatic amines is 1. The van der Waals surface area contributed by atoms with Crippen LogP contribution < -0.4 is 21.1 Å². The summed E-state index contributed by atoms with van der Waals surface area (Å²) in [5.41, 5.74) is 8.53. The van der Waals surface area contributed by atoms with E-state index < -0.39 is 11.8 Å². The number of benzene rings is 2. The maximum atomic E-state index is 12.9. The molecule has 10 nitrogen and oxygen atoms in total. The molecule has 4 aromatic rings. The molecule has 162 valence electrons. The molecule has 0 unspecified atom stereocenters. The molecule has 0 bridgehead atoms. The average Bonchev–Trinajstić information content (AvgIpc) is 3.34. The highest BCUT2D eigenvalue weighted by Gasteiger charge is 2.25. The number of H-pyrrole nitrogens is 1. The van der Waals surface area contributed by atoms with Gasteiger partial charge in [-0.25, -0.2) is 9.97 Å². The number of rotatable bonds is 6. The monoisotopic (exact) mass is 431 g/mol. The lowest BCUT2D eigenvalue weighted by Gasteiger charge is -2.28. The normalized spacial score (nSPS) is 13.7. The molecule has 5 rings (SSSR count). The SMILES string of the molecule is Cc1cc(OC2CNC2)ccc1-n1cnc(C(=O)Nc2nc3ccccc3[nH]2)c1C(N)=O. The van der Waals surface area contributed by atoms with Crippen LogP contribution in [-0.4, -0.2) is 50.5 Å². The fraction of sp³-hybridized carbons (Fsp3) is 0.182. The minimum atomic E-state index is -0.766. The van der Waals surface area contributed by atoms with Crippen LogP contribution in [0.3, 0.4) is 0 Å². The Morgan fingerprint density at radius 2 is 2.03 bits per heavy atom. The largest absolute Gasteiger partial charge is 0.488 e. The molecule has 1 saturated heterocycles. The van der Waals surface area contributed by atoms with Gasteiger partial charge in [0.2, 0.25) is 5.95 Å². The lowest BCUT2D eigenvalue weighted by atomic mass is 10.1. The van der Waals surface area contributed by atoms with Gasteiger partial charge in [-0.2, -0.15) is 0 Å². The number of anilines is 1. The summed E-state index contributed by atoms with van der Waals surface area (Å²) < 4.78 is 7.39. The van der Waals surface area contributed by atoms with Crippen LogP contribution in [-0.2, 0) is 0 Å². The van der Waals surface area contributed by atoms with Crippen molar-refractivity contribution in [2.75, 3.05) is 18.4 Å². The second kappa shape index (κ2) is 7.82. The van der Waals surface area contributed by atoms with E-state index in [1.54, 1.807) is 0 Å². The van der Waals surface area contributed by atoms with Gasteiger partial charge < -0.3 is 20.8 Å².